The molecule has 1 nitrogen and oxygen atoms in total. The van der Waals surface area contributed by atoms with E-state index < -0.39 is 0 Å². The van der Waals surface area contributed by atoms with E-state index in [2.05, 4.69) is 6.58 Å². The van der Waals surface area contributed by atoms with Crippen molar-refractivity contribution in [3.05, 3.63) is 46.5 Å². The summed E-state index contributed by atoms with van der Waals surface area (Å²) >= 11 is 6.11. The summed E-state index contributed by atoms with van der Waals surface area (Å²) in [6, 6.07) is 5.71. The number of nitrogens with two attached hydrogens (primary N) is 1. The van der Waals surface area contributed by atoms with Gasteiger partial charge < -0.3 is 5.73 Å². The van der Waals surface area contributed by atoms with Crippen LogP contribution in [0.2, 0.25) is 5.02 Å². The van der Waals surface area contributed by atoms with Gasteiger partial charge in [0, 0.05) is 5.02 Å². The number of benzene rings is 1. The van der Waals surface area contributed by atoms with Crippen molar-refractivity contribution in [1.29, 1.82) is 0 Å². The molecule has 0 aliphatic heterocycles. The maximum atomic E-state index is 6.11. The third-order valence-corrected chi connectivity index (χ3v) is 2.60. The first-order valence-electron chi connectivity index (χ1n) is 4.20. The first kappa shape index (κ1) is 10.3. The Kier molecular flexibility index (Phi) is 3.12. The summed E-state index contributed by atoms with van der Waals surface area (Å²) in [6.07, 6.45) is 0. The first-order chi connectivity index (χ1) is 6.04. The van der Waals surface area contributed by atoms with Crippen LogP contribution in [0.15, 0.2) is 30.4 Å². The molecule has 1 rings (SSSR count). The van der Waals surface area contributed by atoms with Gasteiger partial charge in [-0.3, -0.25) is 0 Å². The Labute approximate surface area is 84.2 Å². The van der Waals surface area contributed by atoms with Crippen LogP contribution in [0.3, 0.4) is 0 Å². The summed E-state index contributed by atoms with van der Waals surface area (Å²) in [5.74, 6) is 0. The summed E-state index contributed by atoms with van der Waals surface area (Å²) in [5, 5.41) is 0.748. The number of hydrogen-bond donors (Lipinski definition) is 1. The van der Waals surface area contributed by atoms with E-state index in [1.54, 1.807) is 0 Å². The lowest BCUT2D eigenvalue weighted by Gasteiger charge is -2.14. The first-order valence-corrected chi connectivity index (χ1v) is 4.58. The lowest BCUT2D eigenvalue weighted by Crippen LogP contribution is -2.11. The van der Waals surface area contributed by atoms with E-state index in [4.69, 9.17) is 17.3 Å². The molecule has 13 heavy (non-hydrogen) atoms. The highest BCUT2D eigenvalue weighted by Gasteiger charge is 2.11. The smallest absolute Gasteiger partial charge is 0.0520 e. The highest BCUT2D eigenvalue weighted by molar-refractivity contribution is 6.32. The van der Waals surface area contributed by atoms with Gasteiger partial charge in [-0.1, -0.05) is 42.0 Å². The molecule has 0 saturated heterocycles. The largest absolute Gasteiger partial charge is 0.321 e. The van der Waals surface area contributed by atoms with Gasteiger partial charge in [-0.25, -0.2) is 0 Å². The average molecular weight is 196 g/mol. The van der Waals surface area contributed by atoms with Gasteiger partial charge >= 0.3 is 0 Å². The maximum absolute atomic E-state index is 6.11. The highest BCUT2D eigenvalue weighted by Crippen LogP contribution is 2.27. The Bertz CT molecular complexity index is 331. The standard InChI is InChI=1S/C11H14ClN/c1-7(2)11(13)9-6-4-5-8(3)10(9)12/h4-6,11H,1,13H2,2-3H3. The summed E-state index contributed by atoms with van der Waals surface area (Å²) < 4.78 is 0. The van der Waals surface area contributed by atoms with E-state index in [0.717, 1.165) is 21.7 Å². The van der Waals surface area contributed by atoms with Crippen molar-refractivity contribution < 1.29 is 0 Å². The van der Waals surface area contributed by atoms with Crippen molar-refractivity contribution in [3.8, 4) is 0 Å². The molecule has 0 aliphatic rings. The maximum Gasteiger partial charge on any atom is 0.0520 e. The van der Waals surface area contributed by atoms with E-state index in [9.17, 15) is 0 Å². The minimum Gasteiger partial charge on any atom is -0.321 e. The minimum absolute atomic E-state index is 0.160. The molecule has 1 atom stereocenters. The molecule has 2 N–H and O–H groups in total. The second-order valence-corrected chi connectivity index (χ2v) is 3.68. The Morgan fingerprint density at radius 2 is 2.15 bits per heavy atom. The lowest BCUT2D eigenvalue weighted by molar-refractivity contribution is 0.849. The quantitative estimate of drug-likeness (QED) is 0.721. The zero-order valence-electron chi connectivity index (χ0n) is 7.97. The molecule has 70 valence electrons. The summed E-state index contributed by atoms with van der Waals surface area (Å²) in [5.41, 5.74) is 8.85. The molecule has 1 aromatic carbocycles. The molecule has 1 aromatic rings. The molecule has 0 saturated carbocycles. The van der Waals surface area contributed by atoms with E-state index in [-0.39, 0.29) is 6.04 Å². The lowest BCUT2D eigenvalue weighted by atomic mass is 10.0. The molecule has 0 spiro atoms. The van der Waals surface area contributed by atoms with Gasteiger partial charge in [0.15, 0.2) is 0 Å². The average Bonchev–Trinajstić information content (AvgIpc) is 2.08. The Balaban J connectivity index is 3.15. The van der Waals surface area contributed by atoms with Gasteiger partial charge in [0.25, 0.3) is 0 Å². The molecular weight excluding hydrogens is 182 g/mol. The Hall–Kier alpha value is -0.790. The molecule has 2 heteroatoms. The summed E-state index contributed by atoms with van der Waals surface area (Å²) in [7, 11) is 0. The zero-order valence-corrected chi connectivity index (χ0v) is 8.73. The fourth-order valence-corrected chi connectivity index (χ4v) is 1.42. The van der Waals surface area contributed by atoms with Gasteiger partial charge in [0.05, 0.1) is 6.04 Å². The van der Waals surface area contributed by atoms with Gasteiger partial charge in [-0.05, 0) is 25.0 Å². The molecule has 0 heterocycles. The third kappa shape index (κ3) is 2.11. The summed E-state index contributed by atoms with van der Waals surface area (Å²) in [6.45, 7) is 7.69. The SMILES string of the molecule is C=C(C)C(N)c1cccc(C)c1Cl. The highest BCUT2D eigenvalue weighted by atomic mass is 35.5. The van der Waals surface area contributed by atoms with Crippen LogP contribution < -0.4 is 5.73 Å². The molecule has 1 unspecified atom stereocenters. The number of aryl methyl sites for hydroxylation is 1. The second-order valence-electron chi connectivity index (χ2n) is 3.30. The van der Waals surface area contributed by atoms with Crippen molar-refractivity contribution in [1.82, 2.24) is 0 Å². The molecule has 0 amide bonds. The van der Waals surface area contributed by atoms with E-state index in [1.165, 1.54) is 0 Å². The molecular formula is C11H14ClN. The topological polar surface area (TPSA) is 26.0 Å². The van der Waals surface area contributed by atoms with E-state index >= 15 is 0 Å². The zero-order chi connectivity index (χ0) is 10.0. The van der Waals surface area contributed by atoms with Crippen LogP contribution in [0.1, 0.15) is 24.1 Å². The van der Waals surface area contributed by atoms with Crippen molar-refractivity contribution in [3.63, 3.8) is 0 Å². The second kappa shape index (κ2) is 3.95. The number of halogens is 1. The molecule has 0 aromatic heterocycles. The number of rotatable bonds is 2. The van der Waals surface area contributed by atoms with E-state index in [1.807, 2.05) is 32.0 Å². The van der Waals surface area contributed by atoms with Gasteiger partial charge in [-0.2, -0.15) is 0 Å². The van der Waals surface area contributed by atoms with Gasteiger partial charge in [0.2, 0.25) is 0 Å². The third-order valence-electron chi connectivity index (χ3n) is 2.09. The molecule has 0 fully saturated rings. The minimum atomic E-state index is -0.160. The molecule has 0 aliphatic carbocycles. The van der Waals surface area contributed by atoms with Crippen LogP contribution in [-0.4, -0.2) is 0 Å². The van der Waals surface area contributed by atoms with Crippen molar-refractivity contribution in [2.45, 2.75) is 19.9 Å². The molecule has 0 bridgehead atoms. The fourth-order valence-electron chi connectivity index (χ4n) is 1.18. The van der Waals surface area contributed by atoms with Crippen molar-refractivity contribution >= 4 is 11.6 Å². The van der Waals surface area contributed by atoms with Crippen LogP contribution in [0.25, 0.3) is 0 Å². The van der Waals surface area contributed by atoms with Crippen molar-refractivity contribution in [2.24, 2.45) is 5.73 Å². The molecule has 0 radical (unpaired) electrons. The van der Waals surface area contributed by atoms with Gasteiger partial charge in [-0.15, -0.1) is 0 Å². The van der Waals surface area contributed by atoms with E-state index in [0.29, 0.717) is 0 Å². The predicted octanol–water partition coefficient (Wildman–Crippen LogP) is 3.22. The van der Waals surface area contributed by atoms with Crippen LogP contribution in [0.4, 0.5) is 0 Å². The Morgan fingerprint density at radius 1 is 1.54 bits per heavy atom. The monoisotopic (exact) mass is 195 g/mol. The van der Waals surface area contributed by atoms with Gasteiger partial charge in [0.1, 0.15) is 0 Å². The Morgan fingerprint density at radius 3 is 2.69 bits per heavy atom. The van der Waals surface area contributed by atoms with Crippen LogP contribution >= 0.6 is 11.6 Å². The number of hydrogen-bond acceptors (Lipinski definition) is 1. The van der Waals surface area contributed by atoms with Crippen LogP contribution in [0, 0.1) is 6.92 Å². The summed E-state index contributed by atoms with van der Waals surface area (Å²) in [4.78, 5) is 0. The normalized spacial score (nSPS) is 12.6. The van der Waals surface area contributed by atoms with Crippen LogP contribution in [-0.2, 0) is 0 Å². The van der Waals surface area contributed by atoms with Crippen LogP contribution in [0.5, 0.6) is 0 Å². The van der Waals surface area contributed by atoms with Crippen molar-refractivity contribution in [2.75, 3.05) is 0 Å². The predicted molar refractivity (Wildman–Crippen MR) is 57.9 cm³/mol. The fraction of sp³-hybridized carbons (Fsp3) is 0.273.